The third-order valence-electron chi connectivity index (χ3n) is 7.45. The zero-order valence-electron chi connectivity index (χ0n) is 20.5. The van der Waals surface area contributed by atoms with Gasteiger partial charge < -0.3 is 10.3 Å². The highest BCUT2D eigenvalue weighted by atomic mass is 32.2. The molecule has 0 spiro atoms. The van der Waals surface area contributed by atoms with E-state index in [1.54, 1.807) is 10.4 Å². The molecule has 1 aliphatic carbocycles. The fourth-order valence-corrected chi connectivity index (χ4v) is 6.84. The Kier molecular flexibility index (Phi) is 6.68. The van der Waals surface area contributed by atoms with Crippen LogP contribution >= 0.6 is 0 Å². The smallest absolute Gasteiger partial charge is 0.243 e. The number of H-pyrrole nitrogens is 1. The van der Waals surface area contributed by atoms with Crippen molar-refractivity contribution in [1.82, 2.24) is 19.6 Å². The maximum absolute atomic E-state index is 13.3. The van der Waals surface area contributed by atoms with Crippen LogP contribution in [0.3, 0.4) is 0 Å². The highest BCUT2D eigenvalue weighted by Gasteiger charge is 2.34. The predicted molar refractivity (Wildman–Crippen MR) is 136 cm³/mol. The number of aromatic amines is 1. The van der Waals surface area contributed by atoms with E-state index in [9.17, 15) is 13.2 Å². The molecule has 2 N–H and O–H groups in total. The van der Waals surface area contributed by atoms with Crippen molar-refractivity contribution in [3.8, 4) is 0 Å². The molecule has 1 aromatic heterocycles. The van der Waals surface area contributed by atoms with Crippen molar-refractivity contribution >= 4 is 27.0 Å². The third-order valence-corrected chi connectivity index (χ3v) is 9.34. The fraction of sp³-hybridized carbons (Fsp3) is 0.481. The SMILES string of the molecule is CC(C)[C@H](NC(=O)C1CCN(S(=O)(=O)c2ccc3c(c2)CCCC3)CC1)c1nc2ccccc2[nH]1. The quantitative estimate of drug-likeness (QED) is 0.532. The molecule has 1 amide bonds. The van der Waals surface area contributed by atoms with Crippen LogP contribution < -0.4 is 5.32 Å². The van der Waals surface area contributed by atoms with Crippen molar-refractivity contribution in [2.75, 3.05) is 13.1 Å². The van der Waals surface area contributed by atoms with Crippen molar-refractivity contribution in [2.45, 2.75) is 63.3 Å². The number of carbonyl (C=O) groups is 1. The van der Waals surface area contributed by atoms with Crippen molar-refractivity contribution in [3.05, 3.63) is 59.4 Å². The molecule has 3 aromatic rings. The van der Waals surface area contributed by atoms with E-state index in [1.807, 2.05) is 36.4 Å². The number of amides is 1. The van der Waals surface area contributed by atoms with Crippen LogP contribution in [0.2, 0.25) is 0 Å². The minimum absolute atomic E-state index is 0.0324. The molecule has 186 valence electrons. The molecule has 7 nitrogen and oxygen atoms in total. The van der Waals surface area contributed by atoms with Crippen molar-refractivity contribution in [3.63, 3.8) is 0 Å². The monoisotopic (exact) mass is 494 g/mol. The molecule has 35 heavy (non-hydrogen) atoms. The van der Waals surface area contributed by atoms with Gasteiger partial charge in [0, 0.05) is 19.0 Å². The topological polar surface area (TPSA) is 95.2 Å². The van der Waals surface area contributed by atoms with E-state index < -0.39 is 10.0 Å². The highest BCUT2D eigenvalue weighted by Crippen LogP contribution is 2.29. The Balaban J connectivity index is 1.24. The third kappa shape index (κ3) is 4.86. The highest BCUT2D eigenvalue weighted by molar-refractivity contribution is 7.89. The van der Waals surface area contributed by atoms with E-state index in [0.717, 1.165) is 41.7 Å². The first-order valence-electron chi connectivity index (χ1n) is 12.7. The molecule has 0 saturated carbocycles. The summed E-state index contributed by atoms with van der Waals surface area (Å²) in [6.45, 7) is 4.83. The summed E-state index contributed by atoms with van der Waals surface area (Å²) < 4.78 is 28.1. The van der Waals surface area contributed by atoms with Gasteiger partial charge in [-0.05, 0) is 79.8 Å². The second-order valence-electron chi connectivity index (χ2n) is 10.2. The van der Waals surface area contributed by atoms with E-state index in [1.165, 1.54) is 12.0 Å². The summed E-state index contributed by atoms with van der Waals surface area (Å²) in [5.74, 6) is 0.663. The van der Waals surface area contributed by atoms with Crippen molar-refractivity contribution in [1.29, 1.82) is 0 Å². The average molecular weight is 495 g/mol. The summed E-state index contributed by atoms with van der Waals surface area (Å²) in [4.78, 5) is 21.6. The van der Waals surface area contributed by atoms with Gasteiger partial charge in [0.2, 0.25) is 15.9 Å². The van der Waals surface area contributed by atoms with E-state index in [2.05, 4.69) is 29.1 Å². The summed E-state index contributed by atoms with van der Waals surface area (Å²) in [5.41, 5.74) is 4.26. The van der Waals surface area contributed by atoms with Gasteiger partial charge in [0.1, 0.15) is 5.82 Å². The fourth-order valence-electron chi connectivity index (χ4n) is 5.32. The molecule has 8 heteroatoms. The van der Waals surface area contributed by atoms with Gasteiger partial charge in [-0.3, -0.25) is 4.79 Å². The normalized spacial score (nSPS) is 18.5. The number of imidazole rings is 1. The number of fused-ring (bicyclic) bond motifs is 2. The zero-order chi connectivity index (χ0) is 24.6. The van der Waals surface area contributed by atoms with Crippen LogP contribution in [0.15, 0.2) is 47.4 Å². The van der Waals surface area contributed by atoms with Crippen LogP contribution in [0, 0.1) is 11.8 Å². The maximum Gasteiger partial charge on any atom is 0.243 e. The molecule has 1 aliphatic heterocycles. The Bertz CT molecular complexity index is 1290. The number of benzene rings is 2. The molecule has 2 heterocycles. The lowest BCUT2D eigenvalue weighted by atomic mass is 9.92. The molecule has 1 atom stereocenters. The zero-order valence-corrected chi connectivity index (χ0v) is 21.3. The number of nitrogens with one attached hydrogen (secondary N) is 2. The van der Waals surface area contributed by atoms with E-state index in [0.29, 0.717) is 30.8 Å². The van der Waals surface area contributed by atoms with Gasteiger partial charge >= 0.3 is 0 Å². The molecule has 0 unspecified atom stereocenters. The molecule has 0 radical (unpaired) electrons. The Morgan fingerprint density at radius 1 is 1.06 bits per heavy atom. The minimum atomic E-state index is -3.55. The Hall–Kier alpha value is -2.71. The Morgan fingerprint density at radius 3 is 2.49 bits per heavy atom. The number of nitrogens with zero attached hydrogens (tertiary/aromatic N) is 2. The Labute approximate surface area is 207 Å². The van der Waals surface area contributed by atoms with Crippen LogP contribution in [-0.2, 0) is 27.7 Å². The van der Waals surface area contributed by atoms with Gasteiger partial charge in [0.25, 0.3) is 0 Å². The molecule has 2 aromatic carbocycles. The summed E-state index contributed by atoms with van der Waals surface area (Å²) in [5, 5.41) is 3.18. The van der Waals surface area contributed by atoms with Crippen LogP contribution in [0.5, 0.6) is 0 Å². The largest absolute Gasteiger partial charge is 0.346 e. The molecular weight excluding hydrogens is 460 g/mol. The number of hydrogen-bond donors (Lipinski definition) is 2. The number of carbonyl (C=O) groups excluding carboxylic acids is 1. The van der Waals surface area contributed by atoms with E-state index >= 15 is 0 Å². The van der Waals surface area contributed by atoms with Crippen LogP contribution in [0.25, 0.3) is 11.0 Å². The van der Waals surface area contributed by atoms with Gasteiger partial charge in [0.15, 0.2) is 0 Å². The average Bonchev–Trinajstić information content (AvgIpc) is 3.30. The molecular formula is C27H34N4O3S. The van der Waals surface area contributed by atoms with Gasteiger partial charge in [-0.1, -0.05) is 32.0 Å². The summed E-state index contributed by atoms with van der Waals surface area (Å²) in [6.07, 6.45) is 5.29. The first kappa shape index (κ1) is 24.0. The Morgan fingerprint density at radius 2 is 1.77 bits per heavy atom. The predicted octanol–water partition coefficient (Wildman–Crippen LogP) is 4.36. The van der Waals surface area contributed by atoms with Crippen molar-refractivity contribution in [2.24, 2.45) is 11.8 Å². The standard InChI is InChI=1S/C27H34N4O3S/c1-18(2)25(26-28-23-9-5-6-10-24(23)29-26)30-27(32)20-13-15-31(16-14-20)35(33,34)22-12-11-19-7-3-4-8-21(19)17-22/h5-6,9-12,17-18,20,25H,3-4,7-8,13-16H2,1-2H3,(H,28,29)(H,30,32)/t25-/m0/s1. The lowest BCUT2D eigenvalue weighted by Gasteiger charge is -2.32. The number of hydrogen-bond acceptors (Lipinski definition) is 4. The number of piperidine rings is 1. The summed E-state index contributed by atoms with van der Waals surface area (Å²) in [7, 11) is -3.55. The molecule has 0 bridgehead atoms. The first-order chi connectivity index (χ1) is 16.8. The minimum Gasteiger partial charge on any atom is -0.346 e. The van der Waals surface area contributed by atoms with Gasteiger partial charge in [0.05, 0.1) is 22.0 Å². The second kappa shape index (κ2) is 9.74. The molecule has 5 rings (SSSR count). The summed E-state index contributed by atoms with van der Waals surface area (Å²) in [6, 6.07) is 13.2. The first-order valence-corrected chi connectivity index (χ1v) is 14.1. The number of aromatic nitrogens is 2. The van der Waals surface area contributed by atoms with Gasteiger partial charge in [-0.25, -0.2) is 13.4 Å². The lowest BCUT2D eigenvalue weighted by molar-refractivity contribution is -0.127. The number of aryl methyl sites for hydroxylation is 2. The van der Waals surface area contributed by atoms with Gasteiger partial charge in [-0.2, -0.15) is 4.31 Å². The number of rotatable bonds is 6. The van der Waals surface area contributed by atoms with Crippen LogP contribution in [0.1, 0.15) is 62.5 Å². The van der Waals surface area contributed by atoms with Crippen LogP contribution in [-0.4, -0.2) is 41.7 Å². The van der Waals surface area contributed by atoms with Gasteiger partial charge in [-0.15, -0.1) is 0 Å². The lowest BCUT2D eigenvalue weighted by Crippen LogP contribution is -2.44. The van der Waals surface area contributed by atoms with Crippen LogP contribution in [0.4, 0.5) is 0 Å². The second-order valence-corrected chi connectivity index (χ2v) is 12.1. The van der Waals surface area contributed by atoms with Crippen molar-refractivity contribution < 1.29 is 13.2 Å². The number of para-hydroxylation sites is 2. The molecule has 2 aliphatic rings. The molecule has 1 fully saturated rings. The van der Waals surface area contributed by atoms with E-state index in [4.69, 9.17) is 0 Å². The summed E-state index contributed by atoms with van der Waals surface area (Å²) >= 11 is 0. The van der Waals surface area contributed by atoms with E-state index in [-0.39, 0.29) is 23.8 Å². The molecule has 1 saturated heterocycles. The maximum atomic E-state index is 13.3. The number of sulfonamides is 1.